The Morgan fingerprint density at radius 3 is 1.65 bits per heavy atom. The van der Waals surface area contributed by atoms with Crippen LogP contribution in [0.2, 0.25) is 0 Å². The number of aryl methyl sites for hydroxylation is 2. The molecule has 2 aromatic heterocycles. The molecule has 0 bridgehead atoms. The standard InChI is InChI=1S/C16H22N2O6P2/c1-2-24-26(22,23)14-12-18-9-5-16(6-10-18)15-3-7-17(8-4-15)11-13-25(19,20)21/h3-10H,2,11-14H2,1H3,(H-2,19,20,21,22,23)/p+2. The maximum atomic E-state index is 11.7. The van der Waals surface area contributed by atoms with E-state index in [9.17, 15) is 14.0 Å². The lowest BCUT2D eigenvalue weighted by Crippen LogP contribution is -2.35. The van der Waals surface area contributed by atoms with Crippen molar-refractivity contribution in [3.63, 3.8) is 0 Å². The van der Waals surface area contributed by atoms with Gasteiger partial charge in [-0.2, -0.15) is 0 Å². The minimum atomic E-state index is -4.00. The Morgan fingerprint density at radius 2 is 1.27 bits per heavy atom. The molecule has 2 rings (SSSR count). The second kappa shape index (κ2) is 9.00. The molecule has 0 aromatic carbocycles. The zero-order chi connectivity index (χ0) is 19.2. The second-order valence-corrected chi connectivity index (χ2v) is 9.57. The summed E-state index contributed by atoms with van der Waals surface area (Å²) in [5, 5.41) is 0. The first-order valence-corrected chi connectivity index (χ1v) is 11.7. The van der Waals surface area contributed by atoms with Crippen LogP contribution in [0.15, 0.2) is 49.1 Å². The lowest BCUT2D eigenvalue weighted by Gasteiger charge is -2.08. The zero-order valence-electron chi connectivity index (χ0n) is 14.5. The molecule has 2 aromatic rings. The van der Waals surface area contributed by atoms with Crippen molar-refractivity contribution in [2.45, 2.75) is 20.0 Å². The molecule has 26 heavy (non-hydrogen) atoms. The Labute approximate surface area is 152 Å². The summed E-state index contributed by atoms with van der Waals surface area (Å²) in [4.78, 5) is 27.4. The predicted molar refractivity (Wildman–Crippen MR) is 95.5 cm³/mol. The molecule has 142 valence electrons. The normalized spacial score (nSPS) is 14.2. The fourth-order valence-corrected chi connectivity index (χ4v) is 3.86. The molecule has 1 atom stereocenters. The number of hydrogen-bond donors (Lipinski definition) is 3. The molecule has 1 unspecified atom stereocenters. The summed E-state index contributed by atoms with van der Waals surface area (Å²) >= 11 is 0. The zero-order valence-corrected chi connectivity index (χ0v) is 16.3. The third-order valence-electron chi connectivity index (χ3n) is 3.74. The summed E-state index contributed by atoms with van der Waals surface area (Å²) in [5.74, 6) is 0. The van der Waals surface area contributed by atoms with Crippen LogP contribution in [0.1, 0.15) is 6.92 Å². The lowest BCUT2D eigenvalue weighted by atomic mass is 10.1. The SMILES string of the molecule is CCOP(=O)(O)CC[n+]1ccc(-c2cc[n+](CCP(=O)(O)O)cc2)cc1. The summed E-state index contributed by atoms with van der Waals surface area (Å²) in [6, 6.07) is 7.54. The molecule has 0 saturated carbocycles. The van der Waals surface area contributed by atoms with Crippen LogP contribution in [0, 0.1) is 0 Å². The van der Waals surface area contributed by atoms with Gasteiger partial charge in [0, 0.05) is 24.3 Å². The summed E-state index contributed by atoms with van der Waals surface area (Å²) in [6.45, 7) is 2.52. The Hall–Kier alpha value is -1.40. The van der Waals surface area contributed by atoms with E-state index in [1.807, 2.05) is 41.2 Å². The van der Waals surface area contributed by atoms with Gasteiger partial charge in [-0.25, -0.2) is 9.13 Å². The van der Waals surface area contributed by atoms with Crippen molar-refractivity contribution in [3.8, 4) is 11.1 Å². The minimum absolute atomic E-state index is 0.0514. The molecule has 0 spiro atoms. The van der Waals surface area contributed by atoms with Crippen LogP contribution in [0.25, 0.3) is 11.1 Å². The first kappa shape index (κ1) is 20.9. The molecule has 0 radical (unpaired) electrons. The smallest absolute Gasteiger partial charge is 0.324 e. The van der Waals surface area contributed by atoms with Gasteiger partial charge in [-0.15, -0.1) is 0 Å². The molecular formula is C16H24N2O6P2+2. The fraction of sp³-hybridized carbons (Fsp3) is 0.375. The van der Waals surface area contributed by atoms with Crippen LogP contribution in [0.3, 0.4) is 0 Å². The van der Waals surface area contributed by atoms with Crippen molar-refractivity contribution >= 4 is 15.2 Å². The third kappa shape index (κ3) is 7.08. The Kier molecular flexibility index (Phi) is 7.24. The number of rotatable bonds is 9. The van der Waals surface area contributed by atoms with Crippen LogP contribution in [0.5, 0.6) is 0 Å². The molecule has 2 heterocycles. The van der Waals surface area contributed by atoms with E-state index in [1.165, 1.54) is 0 Å². The van der Waals surface area contributed by atoms with Gasteiger partial charge >= 0.3 is 15.2 Å². The van der Waals surface area contributed by atoms with Gasteiger partial charge in [0.15, 0.2) is 37.9 Å². The van der Waals surface area contributed by atoms with E-state index in [1.54, 1.807) is 23.9 Å². The van der Waals surface area contributed by atoms with Crippen LogP contribution < -0.4 is 9.13 Å². The van der Waals surface area contributed by atoms with Crippen molar-refractivity contribution in [2.75, 3.05) is 18.9 Å². The van der Waals surface area contributed by atoms with Crippen molar-refractivity contribution < 1.29 is 37.5 Å². The average molecular weight is 402 g/mol. The summed E-state index contributed by atoms with van der Waals surface area (Å²) in [6.07, 6.45) is 7.06. The van der Waals surface area contributed by atoms with Gasteiger partial charge in [-0.1, -0.05) is 0 Å². The Balaban J connectivity index is 1.97. The lowest BCUT2D eigenvalue weighted by molar-refractivity contribution is -0.693. The van der Waals surface area contributed by atoms with Crippen LogP contribution >= 0.6 is 15.2 Å². The average Bonchev–Trinajstić information content (AvgIpc) is 2.59. The highest BCUT2D eigenvalue weighted by Gasteiger charge is 2.20. The van der Waals surface area contributed by atoms with Crippen LogP contribution in [-0.2, 0) is 26.7 Å². The Morgan fingerprint density at radius 1 is 0.846 bits per heavy atom. The van der Waals surface area contributed by atoms with Gasteiger partial charge in [0.05, 0.1) is 6.61 Å². The highest BCUT2D eigenvalue weighted by atomic mass is 31.2. The van der Waals surface area contributed by atoms with E-state index in [-0.39, 0.29) is 25.5 Å². The highest BCUT2D eigenvalue weighted by molar-refractivity contribution is 7.52. The molecule has 0 saturated heterocycles. The first-order valence-electron chi connectivity index (χ1n) is 8.18. The first-order chi connectivity index (χ1) is 12.2. The Bertz CT molecular complexity index is 804. The van der Waals surface area contributed by atoms with Gasteiger partial charge in [-0.05, 0) is 18.1 Å². The maximum Gasteiger partial charge on any atom is 0.334 e. The maximum absolute atomic E-state index is 11.7. The highest BCUT2D eigenvalue weighted by Crippen LogP contribution is 2.40. The molecule has 0 aliphatic heterocycles. The molecule has 0 aliphatic carbocycles. The quantitative estimate of drug-likeness (QED) is 0.431. The van der Waals surface area contributed by atoms with Crippen molar-refractivity contribution in [1.29, 1.82) is 0 Å². The molecule has 0 amide bonds. The number of nitrogens with zero attached hydrogens (tertiary/aromatic N) is 2. The van der Waals surface area contributed by atoms with E-state index in [2.05, 4.69) is 0 Å². The monoisotopic (exact) mass is 402 g/mol. The van der Waals surface area contributed by atoms with E-state index >= 15 is 0 Å². The third-order valence-corrected chi connectivity index (χ3v) is 5.95. The van der Waals surface area contributed by atoms with Gasteiger partial charge in [-0.3, -0.25) is 9.13 Å². The van der Waals surface area contributed by atoms with E-state index in [0.29, 0.717) is 6.54 Å². The number of hydrogen-bond acceptors (Lipinski definition) is 3. The fourth-order valence-electron chi connectivity index (χ4n) is 2.35. The molecule has 3 N–H and O–H groups in total. The van der Waals surface area contributed by atoms with Crippen molar-refractivity contribution in [1.82, 2.24) is 0 Å². The molecule has 0 aliphatic rings. The van der Waals surface area contributed by atoms with Crippen molar-refractivity contribution in [3.05, 3.63) is 49.1 Å². The molecule has 10 heteroatoms. The van der Waals surface area contributed by atoms with Crippen LogP contribution in [-0.4, -0.2) is 33.6 Å². The van der Waals surface area contributed by atoms with Gasteiger partial charge in [0.1, 0.15) is 12.3 Å². The van der Waals surface area contributed by atoms with Gasteiger partial charge in [0.25, 0.3) is 0 Å². The van der Waals surface area contributed by atoms with Gasteiger partial charge in [0.2, 0.25) is 0 Å². The summed E-state index contributed by atoms with van der Waals surface area (Å²) in [5.41, 5.74) is 1.94. The molecular weight excluding hydrogens is 378 g/mol. The van der Waals surface area contributed by atoms with Crippen LogP contribution in [0.4, 0.5) is 0 Å². The molecule has 8 nitrogen and oxygen atoms in total. The van der Waals surface area contributed by atoms with Gasteiger partial charge < -0.3 is 19.2 Å². The van der Waals surface area contributed by atoms with Crippen molar-refractivity contribution in [2.24, 2.45) is 0 Å². The minimum Gasteiger partial charge on any atom is -0.324 e. The second-order valence-electron chi connectivity index (χ2n) is 5.82. The number of pyridine rings is 2. The number of aromatic nitrogens is 2. The largest absolute Gasteiger partial charge is 0.334 e. The summed E-state index contributed by atoms with van der Waals surface area (Å²) in [7, 11) is -7.53. The van der Waals surface area contributed by atoms with E-state index in [4.69, 9.17) is 14.3 Å². The van der Waals surface area contributed by atoms with E-state index < -0.39 is 15.2 Å². The van der Waals surface area contributed by atoms with E-state index in [0.717, 1.165) is 11.1 Å². The molecule has 0 fully saturated rings. The predicted octanol–water partition coefficient (Wildman–Crippen LogP) is 1.33. The summed E-state index contributed by atoms with van der Waals surface area (Å²) < 4.78 is 31.0. The topological polar surface area (TPSA) is 112 Å².